The average molecular weight is 321 g/mol. The Kier molecular flexibility index (Phi) is 4.98. The van der Waals surface area contributed by atoms with Crippen molar-refractivity contribution >= 4 is 11.9 Å². The van der Waals surface area contributed by atoms with Crippen LogP contribution in [-0.2, 0) is 4.74 Å². The number of nitriles is 1. The zero-order valence-corrected chi connectivity index (χ0v) is 13.4. The summed E-state index contributed by atoms with van der Waals surface area (Å²) in [7, 11) is 0. The number of nitrogens with zero attached hydrogens (tertiary/aromatic N) is 4. The van der Waals surface area contributed by atoms with Gasteiger partial charge in [0.1, 0.15) is 23.7 Å². The number of halogens is 1. The monoisotopic (exact) mass is 321 g/mol. The Labute approximate surface area is 134 Å². The van der Waals surface area contributed by atoms with Crippen molar-refractivity contribution in [2.75, 3.05) is 18.4 Å². The number of amides is 1. The lowest BCUT2D eigenvalue weighted by molar-refractivity contribution is 0.0125. The first-order chi connectivity index (χ1) is 10.8. The molecular formula is C15H20FN5O2. The predicted octanol–water partition coefficient (Wildman–Crippen LogP) is 2.11. The van der Waals surface area contributed by atoms with Crippen LogP contribution in [0.5, 0.6) is 0 Å². The minimum Gasteiger partial charge on any atom is -0.444 e. The second-order valence-corrected chi connectivity index (χ2v) is 6.36. The number of piperidine rings is 1. The van der Waals surface area contributed by atoms with Gasteiger partial charge in [-0.25, -0.2) is 19.2 Å². The third kappa shape index (κ3) is 4.77. The van der Waals surface area contributed by atoms with E-state index in [0.717, 1.165) is 0 Å². The van der Waals surface area contributed by atoms with Gasteiger partial charge in [-0.05, 0) is 33.3 Å². The number of carbonyl (C=O) groups excluding carboxylic acids is 1. The van der Waals surface area contributed by atoms with E-state index in [1.165, 1.54) is 11.1 Å². The first-order valence-electron chi connectivity index (χ1n) is 7.40. The highest BCUT2D eigenvalue weighted by Gasteiger charge is 2.33. The van der Waals surface area contributed by atoms with E-state index in [-0.39, 0.29) is 12.4 Å². The number of nitrogens with one attached hydrogen (secondary N) is 1. The van der Waals surface area contributed by atoms with Crippen LogP contribution in [0.1, 0.15) is 33.0 Å². The van der Waals surface area contributed by atoms with Crippen molar-refractivity contribution < 1.29 is 13.9 Å². The van der Waals surface area contributed by atoms with Crippen LogP contribution in [0, 0.1) is 11.3 Å². The maximum atomic E-state index is 14.3. The zero-order chi connectivity index (χ0) is 17.0. The minimum absolute atomic E-state index is 0.0246. The van der Waals surface area contributed by atoms with Crippen LogP contribution in [0.4, 0.5) is 15.0 Å². The van der Waals surface area contributed by atoms with Gasteiger partial charge in [0, 0.05) is 12.7 Å². The first kappa shape index (κ1) is 16.9. The molecule has 1 N–H and O–H groups in total. The molecule has 0 saturated carbocycles. The number of carbonyl (C=O) groups is 1. The van der Waals surface area contributed by atoms with Crippen LogP contribution >= 0.6 is 0 Å². The van der Waals surface area contributed by atoms with Gasteiger partial charge in [0.05, 0.1) is 12.6 Å². The van der Waals surface area contributed by atoms with Crippen molar-refractivity contribution in [2.45, 2.75) is 45.0 Å². The smallest absolute Gasteiger partial charge is 0.410 e. The summed E-state index contributed by atoms with van der Waals surface area (Å²) in [6.45, 7) is 5.67. The van der Waals surface area contributed by atoms with Crippen LogP contribution in [-0.4, -0.2) is 51.9 Å². The molecule has 8 heteroatoms. The molecule has 0 radical (unpaired) electrons. The SMILES string of the molecule is CC(C)(C)OC(=O)N1CC[C@H](Nc2ccnc(C#N)n2)[C@@H](F)C1. The van der Waals surface area contributed by atoms with E-state index in [0.29, 0.717) is 18.8 Å². The third-order valence-corrected chi connectivity index (χ3v) is 3.28. The summed E-state index contributed by atoms with van der Waals surface area (Å²) in [4.78, 5) is 21.1. The normalized spacial score (nSPS) is 21.4. The highest BCUT2D eigenvalue weighted by Crippen LogP contribution is 2.20. The molecule has 7 nitrogen and oxygen atoms in total. The lowest BCUT2D eigenvalue weighted by Crippen LogP contribution is -2.51. The van der Waals surface area contributed by atoms with Gasteiger partial charge in [0.2, 0.25) is 5.82 Å². The summed E-state index contributed by atoms with van der Waals surface area (Å²) < 4.78 is 19.6. The van der Waals surface area contributed by atoms with E-state index in [2.05, 4.69) is 15.3 Å². The van der Waals surface area contributed by atoms with Gasteiger partial charge in [-0.2, -0.15) is 5.26 Å². The number of hydrogen-bond acceptors (Lipinski definition) is 6. The third-order valence-electron chi connectivity index (χ3n) is 3.28. The van der Waals surface area contributed by atoms with Crippen molar-refractivity contribution in [3.05, 3.63) is 18.1 Å². The van der Waals surface area contributed by atoms with E-state index in [9.17, 15) is 9.18 Å². The van der Waals surface area contributed by atoms with Crippen LogP contribution in [0.2, 0.25) is 0 Å². The Balaban J connectivity index is 1.94. The van der Waals surface area contributed by atoms with Gasteiger partial charge < -0.3 is 15.0 Å². The Morgan fingerprint density at radius 3 is 2.91 bits per heavy atom. The van der Waals surface area contributed by atoms with Gasteiger partial charge in [0.25, 0.3) is 0 Å². The molecule has 1 aromatic heterocycles. The van der Waals surface area contributed by atoms with Gasteiger partial charge in [-0.15, -0.1) is 0 Å². The van der Waals surface area contributed by atoms with E-state index in [4.69, 9.17) is 10.00 Å². The highest BCUT2D eigenvalue weighted by atomic mass is 19.1. The maximum absolute atomic E-state index is 14.3. The van der Waals surface area contributed by atoms with Crippen LogP contribution < -0.4 is 5.32 Å². The Morgan fingerprint density at radius 1 is 1.57 bits per heavy atom. The second kappa shape index (κ2) is 6.77. The second-order valence-electron chi connectivity index (χ2n) is 6.36. The fraction of sp³-hybridized carbons (Fsp3) is 0.600. The molecule has 1 aromatic rings. The van der Waals surface area contributed by atoms with Crippen LogP contribution in [0.3, 0.4) is 0 Å². The Hall–Kier alpha value is -2.43. The molecule has 124 valence electrons. The number of anilines is 1. The molecule has 0 aromatic carbocycles. The molecule has 0 aliphatic carbocycles. The van der Waals surface area contributed by atoms with Crippen molar-refractivity contribution in [1.29, 1.82) is 5.26 Å². The standard InChI is InChI=1S/C15H20FN5O2/c1-15(2,3)23-14(22)21-7-5-11(10(16)9-21)19-12-4-6-18-13(8-17)20-12/h4,6,10-11H,5,7,9H2,1-3H3,(H,18,19,20)/t10-,11-/m0/s1. The molecule has 1 aliphatic heterocycles. The fourth-order valence-corrected chi connectivity index (χ4v) is 2.24. The van der Waals surface area contributed by atoms with Crippen molar-refractivity contribution in [1.82, 2.24) is 14.9 Å². The summed E-state index contributed by atoms with van der Waals surface area (Å²) in [5, 5.41) is 11.7. The zero-order valence-electron chi connectivity index (χ0n) is 13.4. The molecule has 1 amide bonds. The summed E-state index contributed by atoms with van der Waals surface area (Å²) >= 11 is 0. The minimum atomic E-state index is -1.25. The van der Waals surface area contributed by atoms with Crippen molar-refractivity contribution in [3.8, 4) is 6.07 Å². The Bertz CT molecular complexity index is 611. The summed E-state index contributed by atoms with van der Waals surface area (Å²) in [6.07, 6.45) is 0.104. The lowest BCUT2D eigenvalue weighted by Gasteiger charge is -2.36. The maximum Gasteiger partial charge on any atom is 0.410 e. The molecule has 1 saturated heterocycles. The van der Waals surface area contributed by atoms with Gasteiger partial charge in [-0.3, -0.25) is 0 Å². The van der Waals surface area contributed by atoms with E-state index in [1.54, 1.807) is 26.8 Å². The topological polar surface area (TPSA) is 91.1 Å². The first-order valence-corrected chi connectivity index (χ1v) is 7.40. The number of hydrogen-bond donors (Lipinski definition) is 1. The van der Waals surface area contributed by atoms with Crippen LogP contribution in [0.15, 0.2) is 12.3 Å². The van der Waals surface area contributed by atoms with Crippen LogP contribution in [0.25, 0.3) is 0 Å². The average Bonchev–Trinajstić information content (AvgIpc) is 2.47. The number of aromatic nitrogens is 2. The molecule has 1 fully saturated rings. The molecule has 23 heavy (non-hydrogen) atoms. The number of rotatable bonds is 2. The molecule has 2 heterocycles. The quantitative estimate of drug-likeness (QED) is 0.897. The van der Waals surface area contributed by atoms with E-state index < -0.39 is 23.9 Å². The molecule has 0 bridgehead atoms. The molecular weight excluding hydrogens is 301 g/mol. The summed E-state index contributed by atoms with van der Waals surface area (Å²) in [5.74, 6) is 0.423. The number of ether oxygens (including phenoxy) is 1. The molecule has 2 atom stereocenters. The molecule has 0 spiro atoms. The number of likely N-dealkylation sites (tertiary alicyclic amines) is 1. The molecule has 1 aliphatic rings. The van der Waals surface area contributed by atoms with Crippen molar-refractivity contribution in [3.63, 3.8) is 0 Å². The predicted molar refractivity (Wildman–Crippen MR) is 81.5 cm³/mol. The molecule has 0 unspecified atom stereocenters. The van der Waals surface area contributed by atoms with Gasteiger partial charge >= 0.3 is 6.09 Å². The number of alkyl halides is 1. The summed E-state index contributed by atoms with van der Waals surface area (Å²) in [6, 6.07) is 2.93. The van der Waals surface area contributed by atoms with E-state index in [1.807, 2.05) is 6.07 Å². The molecule has 2 rings (SSSR count). The summed E-state index contributed by atoms with van der Waals surface area (Å²) in [5.41, 5.74) is -0.605. The Morgan fingerprint density at radius 2 is 2.30 bits per heavy atom. The van der Waals surface area contributed by atoms with Gasteiger partial charge in [-0.1, -0.05) is 0 Å². The highest BCUT2D eigenvalue weighted by molar-refractivity contribution is 5.68. The van der Waals surface area contributed by atoms with Gasteiger partial charge in [0.15, 0.2) is 0 Å². The lowest BCUT2D eigenvalue weighted by atomic mass is 10.0. The fourth-order valence-electron chi connectivity index (χ4n) is 2.24. The van der Waals surface area contributed by atoms with Crippen molar-refractivity contribution in [2.24, 2.45) is 0 Å². The largest absolute Gasteiger partial charge is 0.444 e. The van der Waals surface area contributed by atoms with E-state index >= 15 is 0 Å².